The molecule has 1 saturated heterocycles. The standard InChI is InChI=1S/C14H30N2O2/c1-13-5-8-16(9-6-13)7-3-4-10-18-12-14(11-17)15-2/h13-15,17H,3-12H2,1-2H3. The highest BCUT2D eigenvalue weighted by atomic mass is 16.5. The molecule has 0 spiro atoms. The Morgan fingerprint density at radius 1 is 1.33 bits per heavy atom. The molecule has 4 nitrogen and oxygen atoms in total. The van der Waals surface area contributed by atoms with E-state index in [9.17, 15) is 0 Å². The summed E-state index contributed by atoms with van der Waals surface area (Å²) >= 11 is 0. The van der Waals surface area contributed by atoms with Crippen molar-refractivity contribution in [2.24, 2.45) is 5.92 Å². The molecule has 0 aliphatic carbocycles. The Hall–Kier alpha value is -0.160. The van der Waals surface area contributed by atoms with Crippen LogP contribution in [0.5, 0.6) is 0 Å². The summed E-state index contributed by atoms with van der Waals surface area (Å²) in [5.41, 5.74) is 0. The topological polar surface area (TPSA) is 44.7 Å². The Bertz CT molecular complexity index is 190. The minimum atomic E-state index is 0.0774. The number of likely N-dealkylation sites (N-methyl/N-ethyl adjacent to an activating group) is 1. The van der Waals surface area contributed by atoms with E-state index in [1.807, 2.05) is 7.05 Å². The van der Waals surface area contributed by atoms with Crippen LogP contribution in [-0.4, -0.2) is 62.6 Å². The van der Waals surface area contributed by atoms with Crippen LogP contribution in [0.4, 0.5) is 0 Å². The van der Waals surface area contributed by atoms with Gasteiger partial charge in [0.2, 0.25) is 0 Å². The van der Waals surface area contributed by atoms with Gasteiger partial charge in [-0.3, -0.25) is 0 Å². The first kappa shape index (κ1) is 15.9. The van der Waals surface area contributed by atoms with Crippen molar-refractivity contribution in [3.63, 3.8) is 0 Å². The lowest BCUT2D eigenvalue weighted by molar-refractivity contribution is 0.0862. The summed E-state index contributed by atoms with van der Waals surface area (Å²) in [4.78, 5) is 2.57. The van der Waals surface area contributed by atoms with Gasteiger partial charge in [0.05, 0.1) is 19.3 Å². The molecular weight excluding hydrogens is 228 g/mol. The molecule has 1 rings (SSSR count). The first-order chi connectivity index (χ1) is 8.76. The lowest BCUT2D eigenvalue weighted by atomic mass is 9.99. The molecule has 4 heteroatoms. The van der Waals surface area contributed by atoms with Crippen molar-refractivity contribution in [2.75, 3.05) is 46.5 Å². The third-order valence-electron chi connectivity index (χ3n) is 3.84. The number of piperidine rings is 1. The first-order valence-corrected chi connectivity index (χ1v) is 7.34. The van der Waals surface area contributed by atoms with Crippen molar-refractivity contribution in [3.05, 3.63) is 0 Å². The Morgan fingerprint density at radius 2 is 2.06 bits per heavy atom. The largest absolute Gasteiger partial charge is 0.395 e. The molecule has 0 saturated carbocycles. The van der Waals surface area contributed by atoms with Crippen LogP contribution in [-0.2, 0) is 4.74 Å². The molecular formula is C14H30N2O2. The predicted molar refractivity (Wildman–Crippen MR) is 74.8 cm³/mol. The highest BCUT2D eigenvalue weighted by Gasteiger charge is 2.14. The molecule has 1 aliphatic rings. The van der Waals surface area contributed by atoms with E-state index in [4.69, 9.17) is 9.84 Å². The summed E-state index contributed by atoms with van der Waals surface area (Å²) in [6.45, 7) is 7.66. The molecule has 1 fully saturated rings. The molecule has 108 valence electrons. The van der Waals surface area contributed by atoms with E-state index >= 15 is 0 Å². The number of nitrogens with one attached hydrogen (secondary N) is 1. The normalized spacial score (nSPS) is 20.2. The number of unbranched alkanes of at least 4 members (excludes halogenated alkanes) is 1. The van der Waals surface area contributed by atoms with Crippen LogP contribution in [0, 0.1) is 5.92 Å². The predicted octanol–water partition coefficient (Wildman–Crippen LogP) is 1.10. The fourth-order valence-corrected chi connectivity index (χ4v) is 2.28. The van der Waals surface area contributed by atoms with E-state index in [2.05, 4.69) is 17.1 Å². The Kier molecular flexibility index (Phi) is 8.59. The van der Waals surface area contributed by atoms with Crippen molar-refractivity contribution >= 4 is 0 Å². The maximum absolute atomic E-state index is 8.97. The van der Waals surface area contributed by atoms with Gasteiger partial charge in [-0.15, -0.1) is 0 Å². The zero-order chi connectivity index (χ0) is 13.2. The fraction of sp³-hybridized carbons (Fsp3) is 1.00. The van der Waals surface area contributed by atoms with Gasteiger partial charge in [0.1, 0.15) is 0 Å². The summed E-state index contributed by atoms with van der Waals surface area (Å²) in [5.74, 6) is 0.918. The van der Waals surface area contributed by atoms with Gasteiger partial charge >= 0.3 is 0 Å². The van der Waals surface area contributed by atoms with Crippen molar-refractivity contribution in [1.29, 1.82) is 0 Å². The second-order valence-electron chi connectivity index (χ2n) is 5.47. The lowest BCUT2D eigenvalue weighted by Gasteiger charge is -2.30. The molecule has 0 amide bonds. The van der Waals surface area contributed by atoms with Crippen molar-refractivity contribution in [1.82, 2.24) is 10.2 Å². The zero-order valence-electron chi connectivity index (χ0n) is 12.0. The van der Waals surface area contributed by atoms with Crippen LogP contribution in [0.3, 0.4) is 0 Å². The number of hydrogen-bond acceptors (Lipinski definition) is 4. The molecule has 18 heavy (non-hydrogen) atoms. The van der Waals surface area contributed by atoms with Gasteiger partial charge in [-0.2, -0.15) is 0 Å². The smallest absolute Gasteiger partial charge is 0.0641 e. The van der Waals surface area contributed by atoms with Gasteiger partial charge < -0.3 is 20.1 Å². The second kappa shape index (κ2) is 9.73. The third kappa shape index (κ3) is 6.69. The van der Waals surface area contributed by atoms with Crippen LogP contribution in [0.1, 0.15) is 32.6 Å². The van der Waals surface area contributed by atoms with E-state index in [1.165, 1.54) is 38.9 Å². The molecule has 0 aromatic carbocycles. The van der Waals surface area contributed by atoms with Crippen LogP contribution in [0.25, 0.3) is 0 Å². The van der Waals surface area contributed by atoms with Gasteiger partial charge in [-0.05, 0) is 58.3 Å². The Balaban J connectivity index is 1.89. The Labute approximate surface area is 112 Å². The summed E-state index contributed by atoms with van der Waals surface area (Å²) in [7, 11) is 1.85. The van der Waals surface area contributed by atoms with Gasteiger partial charge in [0.25, 0.3) is 0 Å². The summed E-state index contributed by atoms with van der Waals surface area (Å²) in [6, 6.07) is 0.0774. The van der Waals surface area contributed by atoms with Gasteiger partial charge in [0.15, 0.2) is 0 Å². The van der Waals surface area contributed by atoms with Gasteiger partial charge in [-0.25, -0.2) is 0 Å². The molecule has 0 aromatic heterocycles. The van der Waals surface area contributed by atoms with Gasteiger partial charge in [-0.1, -0.05) is 6.92 Å². The zero-order valence-corrected chi connectivity index (χ0v) is 12.0. The van der Waals surface area contributed by atoms with Crippen molar-refractivity contribution in [3.8, 4) is 0 Å². The number of likely N-dealkylation sites (tertiary alicyclic amines) is 1. The maximum atomic E-state index is 8.97. The molecule has 1 aliphatic heterocycles. The van der Waals surface area contributed by atoms with Crippen LogP contribution in [0.15, 0.2) is 0 Å². The number of aliphatic hydroxyl groups excluding tert-OH is 1. The number of aliphatic hydroxyl groups is 1. The van der Waals surface area contributed by atoms with Gasteiger partial charge in [0, 0.05) is 6.61 Å². The molecule has 0 aromatic rings. The minimum absolute atomic E-state index is 0.0774. The van der Waals surface area contributed by atoms with E-state index in [0.717, 1.165) is 18.9 Å². The van der Waals surface area contributed by atoms with E-state index in [0.29, 0.717) is 6.61 Å². The molecule has 1 unspecified atom stereocenters. The van der Waals surface area contributed by atoms with Crippen molar-refractivity contribution < 1.29 is 9.84 Å². The summed E-state index contributed by atoms with van der Waals surface area (Å²) < 4.78 is 5.54. The SMILES string of the molecule is CNC(CO)COCCCCN1CCC(C)CC1. The third-order valence-corrected chi connectivity index (χ3v) is 3.84. The fourth-order valence-electron chi connectivity index (χ4n) is 2.28. The highest BCUT2D eigenvalue weighted by Crippen LogP contribution is 2.16. The summed E-state index contributed by atoms with van der Waals surface area (Å²) in [5, 5.41) is 12.0. The molecule has 1 heterocycles. The van der Waals surface area contributed by atoms with E-state index < -0.39 is 0 Å². The molecule has 1 atom stereocenters. The molecule has 0 bridgehead atoms. The number of rotatable bonds is 9. The van der Waals surface area contributed by atoms with Crippen LogP contribution in [0.2, 0.25) is 0 Å². The average Bonchev–Trinajstić information content (AvgIpc) is 2.40. The second-order valence-corrected chi connectivity index (χ2v) is 5.47. The number of ether oxygens (including phenoxy) is 1. The summed E-state index contributed by atoms with van der Waals surface area (Å²) in [6.07, 6.45) is 5.05. The van der Waals surface area contributed by atoms with Crippen LogP contribution >= 0.6 is 0 Å². The maximum Gasteiger partial charge on any atom is 0.0641 e. The minimum Gasteiger partial charge on any atom is -0.395 e. The highest BCUT2D eigenvalue weighted by molar-refractivity contribution is 4.69. The first-order valence-electron chi connectivity index (χ1n) is 7.34. The number of nitrogens with zero attached hydrogens (tertiary/aromatic N) is 1. The monoisotopic (exact) mass is 258 g/mol. The molecule has 0 radical (unpaired) electrons. The molecule has 2 N–H and O–H groups in total. The average molecular weight is 258 g/mol. The Morgan fingerprint density at radius 3 is 2.67 bits per heavy atom. The quantitative estimate of drug-likeness (QED) is 0.608. The number of hydrogen-bond donors (Lipinski definition) is 2. The van der Waals surface area contributed by atoms with Crippen molar-refractivity contribution in [2.45, 2.75) is 38.6 Å². The lowest BCUT2D eigenvalue weighted by Crippen LogP contribution is -2.34. The van der Waals surface area contributed by atoms with E-state index in [1.54, 1.807) is 0 Å². The van der Waals surface area contributed by atoms with Crippen LogP contribution < -0.4 is 5.32 Å². The van der Waals surface area contributed by atoms with E-state index in [-0.39, 0.29) is 12.6 Å².